The lowest BCUT2D eigenvalue weighted by Crippen LogP contribution is -2.56. The fourth-order valence-electron chi connectivity index (χ4n) is 3.14. The summed E-state index contributed by atoms with van der Waals surface area (Å²) in [6.45, 7) is 4.17. The van der Waals surface area contributed by atoms with Crippen LogP contribution in [0, 0.1) is 0 Å². The predicted octanol–water partition coefficient (Wildman–Crippen LogP) is 0.744. The van der Waals surface area contributed by atoms with Crippen molar-refractivity contribution in [3.63, 3.8) is 0 Å². The number of amides is 2. The van der Waals surface area contributed by atoms with Crippen molar-refractivity contribution >= 4 is 12.0 Å². The molecule has 1 heterocycles. The van der Waals surface area contributed by atoms with Crippen LogP contribution in [0.3, 0.4) is 0 Å². The molecule has 1 aliphatic carbocycles. The van der Waals surface area contributed by atoms with E-state index in [0.717, 1.165) is 38.8 Å². The highest BCUT2D eigenvalue weighted by Gasteiger charge is 2.35. The molecule has 22 heavy (non-hydrogen) atoms. The maximum Gasteiger partial charge on any atom is 0.317 e. The van der Waals surface area contributed by atoms with E-state index in [1.165, 1.54) is 0 Å². The van der Waals surface area contributed by atoms with Crippen LogP contribution in [0.2, 0.25) is 0 Å². The first-order valence-electron chi connectivity index (χ1n) is 8.08. The zero-order valence-corrected chi connectivity index (χ0v) is 13.5. The van der Waals surface area contributed by atoms with Gasteiger partial charge in [0.25, 0.3) is 0 Å². The Balaban J connectivity index is 1.67. The van der Waals surface area contributed by atoms with Crippen molar-refractivity contribution in [2.45, 2.75) is 50.8 Å². The van der Waals surface area contributed by atoms with Gasteiger partial charge < -0.3 is 20.1 Å². The Morgan fingerprint density at radius 1 is 1.36 bits per heavy atom. The highest BCUT2D eigenvalue weighted by Crippen LogP contribution is 2.25. The number of hydrogen-bond acceptors (Lipinski definition) is 4. The molecule has 0 aromatic rings. The molecule has 0 aromatic carbocycles. The summed E-state index contributed by atoms with van der Waals surface area (Å²) in [4.78, 5) is 26.5. The fourth-order valence-corrected chi connectivity index (χ4v) is 3.14. The van der Waals surface area contributed by atoms with Crippen LogP contribution in [0.25, 0.3) is 0 Å². The van der Waals surface area contributed by atoms with Gasteiger partial charge in [0.05, 0.1) is 12.6 Å². The fraction of sp³-hybridized carbons (Fsp3) is 0.867. The topological polar surface area (TPSA) is 82.1 Å². The van der Waals surface area contributed by atoms with Gasteiger partial charge in [0.1, 0.15) is 0 Å². The van der Waals surface area contributed by atoms with Gasteiger partial charge in [-0.3, -0.25) is 9.69 Å². The number of aliphatic carboxylic acids is 1. The maximum absolute atomic E-state index is 12.1. The Morgan fingerprint density at radius 2 is 2.09 bits per heavy atom. The Morgan fingerprint density at radius 3 is 2.64 bits per heavy atom. The predicted molar refractivity (Wildman–Crippen MR) is 81.8 cm³/mol. The number of ether oxygens (including phenoxy) is 1. The summed E-state index contributed by atoms with van der Waals surface area (Å²) in [5.41, 5.74) is 0. The zero-order chi connectivity index (χ0) is 16.1. The van der Waals surface area contributed by atoms with Crippen molar-refractivity contribution in [1.82, 2.24) is 15.1 Å². The molecule has 2 amide bonds. The van der Waals surface area contributed by atoms with Crippen molar-refractivity contribution in [2.75, 3.05) is 33.3 Å². The Hall–Kier alpha value is -1.34. The van der Waals surface area contributed by atoms with Crippen molar-refractivity contribution < 1.29 is 19.4 Å². The van der Waals surface area contributed by atoms with E-state index in [9.17, 15) is 9.59 Å². The van der Waals surface area contributed by atoms with Gasteiger partial charge in [-0.1, -0.05) is 6.92 Å². The SMILES string of the molecule is CCN(CC(=O)O)C1CC(NC(=O)N(C)C[C@@H]2CCCO2)C1. The maximum atomic E-state index is 12.1. The molecule has 2 fully saturated rings. The van der Waals surface area contributed by atoms with Crippen LogP contribution in [0.1, 0.15) is 32.6 Å². The number of nitrogens with zero attached hydrogens (tertiary/aromatic N) is 2. The minimum atomic E-state index is -0.800. The second-order valence-electron chi connectivity index (χ2n) is 6.24. The molecule has 1 saturated carbocycles. The lowest BCUT2D eigenvalue weighted by atomic mass is 9.85. The van der Waals surface area contributed by atoms with Crippen LogP contribution in [-0.2, 0) is 9.53 Å². The Labute approximate surface area is 131 Å². The quantitative estimate of drug-likeness (QED) is 0.724. The molecule has 2 N–H and O–H groups in total. The van der Waals surface area contributed by atoms with Crippen LogP contribution in [0.15, 0.2) is 0 Å². The molecule has 1 saturated heterocycles. The second-order valence-corrected chi connectivity index (χ2v) is 6.24. The van der Waals surface area contributed by atoms with Gasteiger partial charge in [-0.05, 0) is 32.2 Å². The highest BCUT2D eigenvalue weighted by molar-refractivity contribution is 5.74. The van der Waals surface area contributed by atoms with Crippen LogP contribution in [-0.4, -0.2) is 78.4 Å². The number of carboxylic acid groups (broad SMARTS) is 1. The molecule has 0 radical (unpaired) electrons. The van der Waals surface area contributed by atoms with Crippen LogP contribution >= 0.6 is 0 Å². The lowest BCUT2D eigenvalue weighted by Gasteiger charge is -2.42. The van der Waals surface area contributed by atoms with Gasteiger partial charge in [0.15, 0.2) is 0 Å². The summed E-state index contributed by atoms with van der Waals surface area (Å²) in [7, 11) is 1.79. The highest BCUT2D eigenvalue weighted by atomic mass is 16.5. The number of hydrogen-bond donors (Lipinski definition) is 2. The third kappa shape index (κ3) is 4.58. The Kier molecular flexibility index (Phi) is 6.02. The van der Waals surface area contributed by atoms with Gasteiger partial charge in [-0.25, -0.2) is 4.79 Å². The van der Waals surface area contributed by atoms with E-state index in [1.54, 1.807) is 11.9 Å². The smallest absolute Gasteiger partial charge is 0.317 e. The number of rotatable bonds is 7. The van der Waals surface area contributed by atoms with Crippen LogP contribution in [0.4, 0.5) is 4.79 Å². The number of nitrogens with one attached hydrogen (secondary N) is 1. The molecule has 7 heteroatoms. The molecular weight excluding hydrogens is 286 g/mol. The summed E-state index contributed by atoms with van der Waals surface area (Å²) in [6, 6.07) is 0.336. The number of carbonyl (C=O) groups excluding carboxylic acids is 1. The molecule has 0 spiro atoms. The minimum absolute atomic E-state index is 0.0692. The van der Waals surface area contributed by atoms with Crippen LogP contribution in [0.5, 0.6) is 0 Å². The number of carboxylic acids is 1. The van der Waals surface area contributed by atoms with Crippen molar-refractivity contribution in [1.29, 1.82) is 0 Å². The van der Waals surface area contributed by atoms with E-state index in [-0.39, 0.29) is 30.8 Å². The standard InChI is InChI=1S/C15H27N3O4/c1-3-18(10-14(19)20)12-7-11(8-12)16-15(21)17(2)9-13-5-4-6-22-13/h11-13H,3-10H2,1-2H3,(H,16,21)(H,19,20)/t11?,12?,13-/m0/s1. The van der Waals surface area contributed by atoms with E-state index in [4.69, 9.17) is 9.84 Å². The van der Waals surface area contributed by atoms with Crippen molar-refractivity contribution in [2.24, 2.45) is 0 Å². The molecule has 7 nitrogen and oxygen atoms in total. The first-order valence-corrected chi connectivity index (χ1v) is 8.08. The summed E-state index contributed by atoms with van der Waals surface area (Å²) in [5, 5.41) is 11.9. The summed E-state index contributed by atoms with van der Waals surface area (Å²) < 4.78 is 5.54. The molecule has 1 atom stereocenters. The molecule has 1 aliphatic heterocycles. The van der Waals surface area contributed by atoms with E-state index in [1.807, 2.05) is 11.8 Å². The summed E-state index contributed by atoms with van der Waals surface area (Å²) >= 11 is 0. The monoisotopic (exact) mass is 313 g/mol. The van der Waals surface area contributed by atoms with E-state index in [2.05, 4.69) is 5.32 Å². The van der Waals surface area contributed by atoms with Crippen LogP contribution < -0.4 is 5.32 Å². The first kappa shape index (κ1) is 17.0. The minimum Gasteiger partial charge on any atom is -0.480 e. The summed E-state index contributed by atoms with van der Waals surface area (Å²) in [6.07, 6.45) is 3.89. The van der Waals surface area contributed by atoms with E-state index >= 15 is 0 Å². The number of urea groups is 1. The molecule has 0 unspecified atom stereocenters. The van der Waals surface area contributed by atoms with E-state index < -0.39 is 5.97 Å². The summed E-state index contributed by atoms with van der Waals surface area (Å²) in [5.74, 6) is -0.800. The number of carbonyl (C=O) groups is 2. The van der Waals surface area contributed by atoms with Gasteiger partial charge in [-0.15, -0.1) is 0 Å². The van der Waals surface area contributed by atoms with Gasteiger partial charge in [-0.2, -0.15) is 0 Å². The molecule has 0 bridgehead atoms. The largest absolute Gasteiger partial charge is 0.480 e. The molecular formula is C15H27N3O4. The third-order valence-corrected chi connectivity index (χ3v) is 4.55. The third-order valence-electron chi connectivity index (χ3n) is 4.55. The molecule has 0 aromatic heterocycles. The zero-order valence-electron chi connectivity index (χ0n) is 13.5. The first-order chi connectivity index (χ1) is 10.5. The Bertz CT molecular complexity index is 392. The van der Waals surface area contributed by atoms with Gasteiger partial charge in [0.2, 0.25) is 0 Å². The second kappa shape index (κ2) is 7.78. The average molecular weight is 313 g/mol. The number of likely N-dealkylation sites (N-methyl/N-ethyl adjacent to an activating group) is 2. The van der Waals surface area contributed by atoms with Crippen molar-refractivity contribution in [3.05, 3.63) is 0 Å². The average Bonchev–Trinajstić information content (AvgIpc) is 2.92. The molecule has 2 aliphatic rings. The molecule has 126 valence electrons. The van der Waals surface area contributed by atoms with Gasteiger partial charge >= 0.3 is 12.0 Å². The molecule has 2 rings (SSSR count). The van der Waals surface area contributed by atoms with Crippen molar-refractivity contribution in [3.8, 4) is 0 Å². The normalized spacial score (nSPS) is 27.5. The van der Waals surface area contributed by atoms with Gasteiger partial charge in [0, 0.05) is 32.3 Å². The van der Waals surface area contributed by atoms with E-state index in [0.29, 0.717) is 6.54 Å². The lowest BCUT2D eigenvalue weighted by molar-refractivity contribution is -0.139.